The van der Waals surface area contributed by atoms with Gasteiger partial charge < -0.3 is 9.80 Å². The normalized spacial score (nSPS) is 11.4. The van der Waals surface area contributed by atoms with Gasteiger partial charge in [-0.2, -0.15) is 0 Å². The molecule has 0 amide bonds. The van der Waals surface area contributed by atoms with Crippen molar-refractivity contribution in [2.75, 3.05) is 9.80 Å². The van der Waals surface area contributed by atoms with E-state index in [0.717, 1.165) is 22.7 Å². The predicted octanol–water partition coefficient (Wildman–Crippen LogP) is 16.7. The van der Waals surface area contributed by atoms with Gasteiger partial charge in [0, 0.05) is 53.7 Å². The lowest BCUT2D eigenvalue weighted by molar-refractivity contribution is 1.28. The van der Waals surface area contributed by atoms with Crippen LogP contribution in [0.25, 0.3) is 62.6 Å². The number of thiophene rings is 2. The van der Waals surface area contributed by atoms with E-state index in [-0.39, 0.29) is 0 Å². The van der Waals surface area contributed by atoms with Crippen molar-refractivity contribution in [1.82, 2.24) is 0 Å². The van der Waals surface area contributed by atoms with Crippen LogP contribution in [0.4, 0.5) is 34.1 Å². The molecule has 4 heteroatoms. The van der Waals surface area contributed by atoms with Gasteiger partial charge in [0.2, 0.25) is 0 Å². The molecule has 0 aliphatic carbocycles. The van der Waals surface area contributed by atoms with Gasteiger partial charge in [0.25, 0.3) is 0 Å². The van der Waals surface area contributed by atoms with Crippen LogP contribution in [0.15, 0.2) is 218 Å². The van der Waals surface area contributed by atoms with Gasteiger partial charge in [-0.15, -0.1) is 22.7 Å². The monoisotopic (exact) mass is 776 g/mol. The SMILES string of the molecule is c1ccc(-c2ccc(N(c3ccccc3)c3ccc(-c4ccc(N(c5cccc6c5sc5ccccc56)c5cccc6c5sc5ccccc56)cc4)cc3)cc2)cc1. The first-order valence-corrected chi connectivity index (χ1v) is 21.2. The molecule has 2 nitrogen and oxygen atoms in total. The molecule has 2 aromatic heterocycles. The highest BCUT2D eigenvalue weighted by Gasteiger charge is 2.22. The van der Waals surface area contributed by atoms with E-state index in [1.165, 1.54) is 74.0 Å². The number of benzene rings is 9. The van der Waals surface area contributed by atoms with Crippen LogP contribution in [0.3, 0.4) is 0 Å². The summed E-state index contributed by atoms with van der Waals surface area (Å²) in [6.45, 7) is 0. The summed E-state index contributed by atoms with van der Waals surface area (Å²) in [5.41, 5.74) is 11.6. The van der Waals surface area contributed by atoms with Crippen LogP contribution in [-0.2, 0) is 0 Å². The summed E-state index contributed by atoms with van der Waals surface area (Å²) < 4.78 is 5.19. The molecule has 0 fully saturated rings. The lowest BCUT2D eigenvalue weighted by Gasteiger charge is -2.27. The number of nitrogens with zero attached hydrogens (tertiary/aromatic N) is 2. The summed E-state index contributed by atoms with van der Waals surface area (Å²) in [5.74, 6) is 0. The smallest absolute Gasteiger partial charge is 0.0640 e. The van der Waals surface area contributed by atoms with Crippen LogP contribution in [0, 0.1) is 0 Å². The Hall–Kier alpha value is -6.98. The van der Waals surface area contributed by atoms with E-state index in [9.17, 15) is 0 Å². The molecule has 2 heterocycles. The molecule has 0 saturated heterocycles. The number of para-hydroxylation sites is 1. The lowest BCUT2D eigenvalue weighted by atomic mass is 10.0. The first-order chi connectivity index (χ1) is 28.8. The molecule has 0 aliphatic rings. The molecule has 11 rings (SSSR count). The van der Waals surface area contributed by atoms with Crippen molar-refractivity contribution < 1.29 is 0 Å². The van der Waals surface area contributed by atoms with Crippen molar-refractivity contribution in [3.05, 3.63) is 218 Å². The van der Waals surface area contributed by atoms with E-state index >= 15 is 0 Å². The molecule has 0 spiro atoms. The molecule has 274 valence electrons. The summed E-state index contributed by atoms with van der Waals surface area (Å²) in [4.78, 5) is 4.80. The summed E-state index contributed by atoms with van der Waals surface area (Å²) in [5, 5.41) is 5.19. The minimum Gasteiger partial charge on any atom is -0.311 e. The van der Waals surface area contributed by atoms with Crippen molar-refractivity contribution in [2.45, 2.75) is 0 Å². The second-order valence-corrected chi connectivity index (χ2v) is 16.6. The number of anilines is 6. The Morgan fingerprint density at radius 2 is 0.586 bits per heavy atom. The van der Waals surface area contributed by atoms with Crippen LogP contribution < -0.4 is 9.80 Å². The maximum Gasteiger partial charge on any atom is 0.0640 e. The molecule has 58 heavy (non-hydrogen) atoms. The molecular weight excluding hydrogens is 741 g/mol. The Balaban J connectivity index is 0.981. The predicted molar refractivity (Wildman–Crippen MR) is 252 cm³/mol. The minimum absolute atomic E-state index is 1.11. The Kier molecular flexibility index (Phi) is 8.58. The molecule has 9 aromatic carbocycles. The van der Waals surface area contributed by atoms with Gasteiger partial charge in [-0.25, -0.2) is 0 Å². The van der Waals surface area contributed by atoms with Crippen LogP contribution in [-0.4, -0.2) is 0 Å². The standard InChI is InChI=1S/C54H36N2S2/c1-3-13-37(14-4-1)38-25-31-42(32-26-38)55(41-15-5-2-6-16-41)43-33-27-39(28-34-43)40-29-35-44(36-30-40)56(49-21-11-19-47-45-17-7-9-23-51(45)57-53(47)49)50-22-12-20-48-46-18-8-10-24-52(46)58-54(48)50/h1-36H. The van der Waals surface area contributed by atoms with Gasteiger partial charge in [0.15, 0.2) is 0 Å². The first kappa shape index (κ1) is 34.3. The third-order valence-corrected chi connectivity index (χ3v) is 13.5. The van der Waals surface area contributed by atoms with Crippen LogP contribution >= 0.6 is 22.7 Å². The number of fused-ring (bicyclic) bond motifs is 6. The summed E-state index contributed by atoms with van der Waals surface area (Å²) in [6.07, 6.45) is 0. The summed E-state index contributed by atoms with van der Waals surface area (Å²) >= 11 is 3.75. The van der Waals surface area contributed by atoms with Crippen molar-refractivity contribution in [3.63, 3.8) is 0 Å². The van der Waals surface area contributed by atoms with Gasteiger partial charge in [-0.3, -0.25) is 0 Å². The lowest BCUT2D eigenvalue weighted by Crippen LogP contribution is -2.10. The maximum atomic E-state index is 2.48. The largest absolute Gasteiger partial charge is 0.311 e. The van der Waals surface area contributed by atoms with Crippen molar-refractivity contribution in [1.29, 1.82) is 0 Å². The topological polar surface area (TPSA) is 6.48 Å². The quantitative estimate of drug-likeness (QED) is 0.152. The fourth-order valence-corrected chi connectivity index (χ4v) is 10.7. The van der Waals surface area contributed by atoms with Crippen LogP contribution in [0.5, 0.6) is 0 Å². The Labute approximate surface area is 345 Å². The number of hydrogen-bond donors (Lipinski definition) is 0. The van der Waals surface area contributed by atoms with E-state index in [2.05, 4.69) is 228 Å². The zero-order chi connectivity index (χ0) is 38.4. The number of hydrogen-bond acceptors (Lipinski definition) is 4. The fraction of sp³-hybridized carbons (Fsp3) is 0. The van der Waals surface area contributed by atoms with Gasteiger partial charge in [-0.05, 0) is 95.1 Å². The molecule has 0 saturated carbocycles. The van der Waals surface area contributed by atoms with Crippen molar-refractivity contribution >= 4 is 97.1 Å². The average Bonchev–Trinajstić information content (AvgIpc) is 3.88. The Bertz CT molecular complexity index is 3090. The summed E-state index contributed by atoms with van der Waals surface area (Å²) in [7, 11) is 0. The van der Waals surface area contributed by atoms with Gasteiger partial charge in [0.05, 0.1) is 20.8 Å². The van der Waals surface area contributed by atoms with E-state index in [4.69, 9.17) is 0 Å². The van der Waals surface area contributed by atoms with E-state index in [1.54, 1.807) is 0 Å². The zero-order valence-electron chi connectivity index (χ0n) is 31.5. The van der Waals surface area contributed by atoms with E-state index in [1.807, 2.05) is 22.7 Å². The third-order valence-electron chi connectivity index (χ3n) is 11.1. The third kappa shape index (κ3) is 6.02. The molecule has 0 unspecified atom stereocenters. The van der Waals surface area contributed by atoms with E-state index < -0.39 is 0 Å². The van der Waals surface area contributed by atoms with Gasteiger partial charge in [-0.1, -0.05) is 146 Å². The Morgan fingerprint density at radius 1 is 0.241 bits per heavy atom. The molecule has 0 radical (unpaired) electrons. The highest BCUT2D eigenvalue weighted by atomic mass is 32.1. The molecule has 0 aliphatic heterocycles. The first-order valence-electron chi connectivity index (χ1n) is 19.6. The van der Waals surface area contributed by atoms with Gasteiger partial charge in [0.1, 0.15) is 0 Å². The highest BCUT2D eigenvalue weighted by Crippen LogP contribution is 2.49. The highest BCUT2D eigenvalue weighted by molar-refractivity contribution is 7.27. The summed E-state index contributed by atoms with van der Waals surface area (Å²) in [6, 6.07) is 79.1. The minimum atomic E-state index is 1.11. The average molecular weight is 777 g/mol. The van der Waals surface area contributed by atoms with E-state index in [0.29, 0.717) is 0 Å². The molecule has 0 N–H and O–H groups in total. The van der Waals surface area contributed by atoms with Crippen LogP contribution in [0.1, 0.15) is 0 Å². The van der Waals surface area contributed by atoms with Gasteiger partial charge >= 0.3 is 0 Å². The molecule has 0 bridgehead atoms. The second-order valence-electron chi connectivity index (χ2n) is 14.5. The Morgan fingerprint density at radius 3 is 1.05 bits per heavy atom. The second kappa shape index (κ2) is 14.5. The number of rotatable bonds is 8. The fourth-order valence-electron chi connectivity index (χ4n) is 8.29. The molecule has 0 atom stereocenters. The maximum absolute atomic E-state index is 2.48. The van der Waals surface area contributed by atoms with Crippen molar-refractivity contribution in [3.8, 4) is 22.3 Å². The zero-order valence-corrected chi connectivity index (χ0v) is 33.1. The molecule has 11 aromatic rings. The van der Waals surface area contributed by atoms with Crippen molar-refractivity contribution in [2.24, 2.45) is 0 Å². The van der Waals surface area contributed by atoms with Crippen LogP contribution in [0.2, 0.25) is 0 Å². The molecular formula is C54H36N2S2.